The number of H-pyrrole nitrogens is 1. The largest absolute Gasteiger partial charge is 0.377 e. The molecule has 0 amide bonds. The van der Waals surface area contributed by atoms with E-state index in [-0.39, 0.29) is 5.69 Å². The predicted molar refractivity (Wildman–Crippen MR) is 113 cm³/mol. The highest BCUT2D eigenvalue weighted by Gasteiger charge is 2.20. The van der Waals surface area contributed by atoms with Gasteiger partial charge in [-0.3, -0.25) is 5.73 Å². The number of nitrogens with zero attached hydrogens (tertiary/aromatic N) is 3. The lowest BCUT2D eigenvalue weighted by molar-refractivity contribution is -0.325. The van der Waals surface area contributed by atoms with E-state index in [1.165, 1.54) is 4.68 Å². The summed E-state index contributed by atoms with van der Waals surface area (Å²) in [7, 11) is 0. The smallest absolute Gasteiger partial charge is 0.356 e. The van der Waals surface area contributed by atoms with Gasteiger partial charge in [-0.05, 0) is 29.8 Å². The fourth-order valence-corrected chi connectivity index (χ4v) is 3.49. The topological polar surface area (TPSA) is 91.5 Å². The van der Waals surface area contributed by atoms with Crippen molar-refractivity contribution in [2.75, 3.05) is 11.1 Å². The maximum Gasteiger partial charge on any atom is 0.356 e. The number of rotatable bonds is 4. The van der Waals surface area contributed by atoms with Crippen LogP contribution in [-0.4, -0.2) is 14.2 Å². The van der Waals surface area contributed by atoms with Crippen LogP contribution in [0.2, 0.25) is 0 Å². The molecule has 0 aliphatic rings. The molecule has 3 aromatic carbocycles. The summed E-state index contributed by atoms with van der Waals surface area (Å²) in [5.74, 6) is 0.332. The van der Waals surface area contributed by atoms with E-state index in [1.54, 1.807) is 4.40 Å². The maximum atomic E-state index is 13.2. The Morgan fingerprint density at radius 3 is 2.41 bits per heavy atom. The van der Waals surface area contributed by atoms with Crippen LogP contribution in [0, 0.1) is 0 Å². The molecule has 0 aliphatic heterocycles. The zero-order chi connectivity index (χ0) is 19.8. The highest BCUT2D eigenvalue weighted by atomic mass is 16.2. The zero-order valence-electron chi connectivity index (χ0n) is 15.5. The summed E-state index contributed by atoms with van der Waals surface area (Å²) in [6, 6.07) is 25.2. The standard InChI is InChI=1S/C22H18N6O/c23-20-21-26-28(16-10-5-2-6-11-16)22(29)27(21)18-13-7-12-17(19(18)25-20)24-14-15-8-3-1-4-9-15/h1-13,24H,14H2,(H2,23,25)/p+1. The number of benzene rings is 3. The van der Waals surface area contributed by atoms with Crippen molar-refractivity contribution in [2.24, 2.45) is 0 Å². The van der Waals surface area contributed by atoms with Gasteiger partial charge in [-0.1, -0.05) is 54.6 Å². The summed E-state index contributed by atoms with van der Waals surface area (Å²) in [6.07, 6.45) is 0. The molecule has 4 N–H and O–H groups in total. The van der Waals surface area contributed by atoms with Gasteiger partial charge in [0, 0.05) is 6.54 Å². The highest BCUT2D eigenvalue weighted by molar-refractivity contribution is 5.87. The SMILES string of the molecule is Nc1[nH+]c2c(NCc3ccccc3)cccc2n2c(=O)n(-c3ccccc3)nc12. The van der Waals surface area contributed by atoms with Crippen LogP contribution in [0.15, 0.2) is 83.7 Å². The Hall–Kier alpha value is -4.13. The first-order valence-electron chi connectivity index (χ1n) is 9.31. The van der Waals surface area contributed by atoms with E-state index >= 15 is 0 Å². The van der Waals surface area contributed by atoms with Crippen molar-refractivity contribution >= 4 is 28.2 Å². The van der Waals surface area contributed by atoms with E-state index in [9.17, 15) is 4.79 Å². The van der Waals surface area contributed by atoms with Crippen molar-refractivity contribution in [3.8, 4) is 5.69 Å². The number of nitrogen functional groups attached to an aromatic ring is 1. The Balaban J connectivity index is 1.67. The zero-order valence-corrected chi connectivity index (χ0v) is 15.5. The summed E-state index contributed by atoms with van der Waals surface area (Å²) in [6.45, 7) is 0.657. The van der Waals surface area contributed by atoms with Crippen LogP contribution in [0.1, 0.15) is 5.56 Å². The number of hydrogen-bond donors (Lipinski definition) is 2. The van der Waals surface area contributed by atoms with Crippen molar-refractivity contribution in [3.63, 3.8) is 0 Å². The van der Waals surface area contributed by atoms with Crippen molar-refractivity contribution in [2.45, 2.75) is 6.54 Å². The number of aromatic nitrogens is 4. The molecule has 2 heterocycles. The molecule has 0 fully saturated rings. The van der Waals surface area contributed by atoms with Gasteiger partial charge < -0.3 is 5.32 Å². The van der Waals surface area contributed by atoms with Crippen molar-refractivity contribution in [3.05, 3.63) is 94.9 Å². The van der Waals surface area contributed by atoms with Crippen LogP contribution in [0.4, 0.5) is 11.5 Å². The first-order valence-corrected chi connectivity index (χ1v) is 9.31. The van der Waals surface area contributed by atoms with Crippen molar-refractivity contribution < 1.29 is 4.98 Å². The van der Waals surface area contributed by atoms with E-state index in [0.29, 0.717) is 29.2 Å². The molecular formula is C22H19N6O+. The molecular weight excluding hydrogens is 364 g/mol. The average molecular weight is 383 g/mol. The van der Waals surface area contributed by atoms with E-state index < -0.39 is 0 Å². The van der Waals surface area contributed by atoms with Gasteiger partial charge in [-0.2, -0.15) is 4.68 Å². The number of anilines is 2. The number of nitrogens with one attached hydrogen (secondary N) is 2. The number of para-hydroxylation sites is 2. The van der Waals surface area contributed by atoms with Crippen LogP contribution >= 0.6 is 0 Å². The third-order valence-electron chi connectivity index (χ3n) is 4.89. The molecule has 0 unspecified atom stereocenters. The van der Waals surface area contributed by atoms with Crippen molar-refractivity contribution in [1.29, 1.82) is 0 Å². The lowest BCUT2D eigenvalue weighted by atomic mass is 10.2. The molecule has 0 atom stereocenters. The first kappa shape index (κ1) is 17.0. The Morgan fingerprint density at radius 2 is 1.66 bits per heavy atom. The van der Waals surface area contributed by atoms with Gasteiger partial charge in [0.2, 0.25) is 0 Å². The molecule has 7 nitrogen and oxygen atoms in total. The van der Waals surface area contributed by atoms with Crippen LogP contribution in [0.3, 0.4) is 0 Å². The van der Waals surface area contributed by atoms with E-state index in [1.807, 2.05) is 66.7 Å². The van der Waals surface area contributed by atoms with E-state index in [2.05, 4.69) is 27.5 Å². The summed E-state index contributed by atoms with van der Waals surface area (Å²) >= 11 is 0. The number of nitrogens with two attached hydrogens (primary N) is 1. The van der Waals surface area contributed by atoms with Gasteiger partial charge in [0.05, 0.1) is 11.4 Å². The Labute approximate surface area is 166 Å². The molecule has 0 spiro atoms. The molecule has 0 aliphatic carbocycles. The van der Waals surface area contributed by atoms with Gasteiger partial charge in [0.1, 0.15) is 5.52 Å². The number of fused-ring (bicyclic) bond motifs is 3. The van der Waals surface area contributed by atoms with Gasteiger partial charge in [0.25, 0.3) is 5.65 Å². The molecule has 0 radical (unpaired) electrons. The Bertz CT molecular complexity index is 1370. The number of hydrogen-bond acceptors (Lipinski definition) is 4. The molecule has 5 rings (SSSR count). The molecule has 142 valence electrons. The number of aromatic amines is 1. The summed E-state index contributed by atoms with van der Waals surface area (Å²) in [5.41, 5.74) is 10.5. The second-order valence-electron chi connectivity index (χ2n) is 6.77. The van der Waals surface area contributed by atoms with Crippen LogP contribution in [0.25, 0.3) is 22.4 Å². The van der Waals surface area contributed by atoms with E-state index in [0.717, 1.165) is 16.8 Å². The highest BCUT2D eigenvalue weighted by Crippen LogP contribution is 2.22. The molecule has 5 aromatic rings. The fourth-order valence-electron chi connectivity index (χ4n) is 3.49. The third kappa shape index (κ3) is 2.89. The molecule has 7 heteroatoms. The lowest BCUT2D eigenvalue weighted by Crippen LogP contribution is -2.22. The minimum atomic E-state index is -0.267. The first-order chi connectivity index (χ1) is 14.2. The van der Waals surface area contributed by atoms with E-state index in [4.69, 9.17) is 5.73 Å². The fraction of sp³-hybridized carbons (Fsp3) is 0.0455. The Kier molecular flexibility index (Phi) is 3.98. The second-order valence-corrected chi connectivity index (χ2v) is 6.77. The molecule has 2 aromatic heterocycles. The minimum absolute atomic E-state index is 0.267. The Morgan fingerprint density at radius 1 is 0.931 bits per heavy atom. The molecule has 0 saturated heterocycles. The van der Waals surface area contributed by atoms with Gasteiger partial charge in [0.15, 0.2) is 5.52 Å². The average Bonchev–Trinajstić information content (AvgIpc) is 3.12. The quantitative estimate of drug-likeness (QED) is 0.499. The molecule has 29 heavy (non-hydrogen) atoms. The monoisotopic (exact) mass is 383 g/mol. The van der Waals surface area contributed by atoms with Crippen LogP contribution in [-0.2, 0) is 6.54 Å². The maximum absolute atomic E-state index is 13.2. The normalized spacial score (nSPS) is 11.2. The summed E-state index contributed by atoms with van der Waals surface area (Å²) in [5, 5.41) is 7.87. The van der Waals surface area contributed by atoms with Crippen LogP contribution < -0.4 is 21.7 Å². The predicted octanol–water partition coefficient (Wildman–Crippen LogP) is 2.65. The van der Waals surface area contributed by atoms with Crippen LogP contribution in [0.5, 0.6) is 0 Å². The summed E-state index contributed by atoms with van der Waals surface area (Å²) < 4.78 is 2.91. The summed E-state index contributed by atoms with van der Waals surface area (Å²) in [4.78, 5) is 16.4. The minimum Gasteiger partial charge on any atom is -0.377 e. The molecule has 0 saturated carbocycles. The van der Waals surface area contributed by atoms with Gasteiger partial charge >= 0.3 is 11.5 Å². The van der Waals surface area contributed by atoms with Gasteiger partial charge in [-0.15, -0.1) is 5.10 Å². The second kappa shape index (κ2) is 6.79. The van der Waals surface area contributed by atoms with Crippen molar-refractivity contribution in [1.82, 2.24) is 14.2 Å². The lowest BCUT2D eigenvalue weighted by Gasteiger charge is -2.09. The van der Waals surface area contributed by atoms with Gasteiger partial charge in [-0.25, -0.2) is 14.2 Å². The molecule has 0 bridgehead atoms. The third-order valence-corrected chi connectivity index (χ3v) is 4.89.